The van der Waals surface area contributed by atoms with E-state index < -0.39 is 17.5 Å². The lowest BCUT2D eigenvalue weighted by Gasteiger charge is -2.11. The van der Waals surface area contributed by atoms with Gasteiger partial charge in [-0.3, -0.25) is 0 Å². The van der Waals surface area contributed by atoms with Crippen LogP contribution in [0.5, 0.6) is 0 Å². The zero-order chi connectivity index (χ0) is 23.4. The summed E-state index contributed by atoms with van der Waals surface area (Å²) in [5.41, 5.74) is 4.98. The van der Waals surface area contributed by atoms with Crippen LogP contribution in [0.3, 0.4) is 0 Å². The van der Waals surface area contributed by atoms with Gasteiger partial charge in [0.15, 0.2) is 0 Å². The monoisotopic (exact) mass is 444 g/mol. The Morgan fingerprint density at radius 1 is 0.485 bits per heavy atom. The Bertz CT molecular complexity index is 1220. The van der Waals surface area contributed by atoms with E-state index in [1.54, 1.807) is 6.07 Å². The molecular formula is C30H27F3. The molecule has 0 fully saturated rings. The van der Waals surface area contributed by atoms with E-state index >= 15 is 0 Å². The van der Waals surface area contributed by atoms with Crippen LogP contribution in [-0.2, 0) is 12.8 Å². The Morgan fingerprint density at radius 2 is 0.939 bits per heavy atom. The van der Waals surface area contributed by atoms with Gasteiger partial charge in [-0.05, 0) is 64.4 Å². The third-order valence-corrected chi connectivity index (χ3v) is 5.93. The first-order valence-electron chi connectivity index (χ1n) is 11.5. The summed E-state index contributed by atoms with van der Waals surface area (Å²) < 4.78 is 44.5. The van der Waals surface area contributed by atoms with Gasteiger partial charge in [-0.1, -0.05) is 87.4 Å². The van der Waals surface area contributed by atoms with Gasteiger partial charge in [0.05, 0.1) is 5.56 Å². The smallest absolute Gasteiger partial charge is 0.134 e. The minimum atomic E-state index is -0.775. The second kappa shape index (κ2) is 10.1. The summed E-state index contributed by atoms with van der Waals surface area (Å²) in [5.74, 6) is -2.16. The van der Waals surface area contributed by atoms with E-state index in [9.17, 15) is 13.2 Å². The maximum atomic E-state index is 14.9. The van der Waals surface area contributed by atoms with Gasteiger partial charge >= 0.3 is 0 Å². The van der Waals surface area contributed by atoms with Gasteiger partial charge in [0.2, 0.25) is 0 Å². The van der Waals surface area contributed by atoms with E-state index in [2.05, 4.69) is 31.2 Å². The van der Waals surface area contributed by atoms with Crippen molar-refractivity contribution in [1.82, 2.24) is 0 Å². The number of rotatable bonds is 7. The van der Waals surface area contributed by atoms with Crippen molar-refractivity contribution in [3.05, 3.63) is 107 Å². The third-order valence-electron chi connectivity index (χ3n) is 5.93. The molecule has 0 atom stereocenters. The summed E-state index contributed by atoms with van der Waals surface area (Å²) in [6, 6.07) is 23.1. The fourth-order valence-electron chi connectivity index (χ4n) is 4.21. The molecule has 0 amide bonds. The summed E-state index contributed by atoms with van der Waals surface area (Å²) >= 11 is 0. The van der Waals surface area contributed by atoms with Crippen LogP contribution in [-0.4, -0.2) is 0 Å². The zero-order valence-electron chi connectivity index (χ0n) is 19.0. The minimum absolute atomic E-state index is 0.0572. The van der Waals surface area contributed by atoms with Crippen LogP contribution in [0.25, 0.3) is 33.4 Å². The summed E-state index contributed by atoms with van der Waals surface area (Å²) in [6.07, 6.45) is 3.76. The molecule has 0 spiro atoms. The fourth-order valence-corrected chi connectivity index (χ4v) is 4.21. The molecule has 0 N–H and O–H groups in total. The molecule has 0 heterocycles. The largest absolute Gasteiger partial charge is 0.206 e. The summed E-state index contributed by atoms with van der Waals surface area (Å²) in [6.45, 7) is 4.16. The van der Waals surface area contributed by atoms with Crippen molar-refractivity contribution in [2.75, 3.05) is 0 Å². The molecule has 4 aromatic carbocycles. The Kier molecular flexibility index (Phi) is 6.98. The number of benzene rings is 4. The molecule has 0 saturated heterocycles. The Hall–Kier alpha value is -3.33. The van der Waals surface area contributed by atoms with Crippen molar-refractivity contribution in [1.29, 1.82) is 0 Å². The number of hydrogen-bond acceptors (Lipinski definition) is 0. The Balaban J connectivity index is 1.61. The molecule has 33 heavy (non-hydrogen) atoms. The standard InChI is InChI=1S/C30H27F3/c1-3-5-20-7-10-22(11-8-20)23-12-14-24(15-13-23)25-18-28(32)30(29(33)19-25)26-16-9-21(6-4-2)17-27(26)31/h7-19H,3-6H2,1-2H3. The average molecular weight is 445 g/mol. The summed E-state index contributed by atoms with van der Waals surface area (Å²) in [7, 11) is 0. The number of aryl methyl sites for hydroxylation is 2. The van der Waals surface area contributed by atoms with Crippen molar-refractivity contribution in [3.63, 3.8) is 0 Å². The Morgan fingerprint density at radius 3 is 1.45 bits per heavy atom. The second-order valence-corrected chi connectivity index (χ2v) is 8.40. The highest BCUT2D eigenvalue weighted by molar-refractivity contribution is 5.74. The molecule has 0 aromatic heterocycles. The molecule has 4 rings (SSSR count). The first-order valence-corrected chi connectivity index (χ1v) is 11.5. The van der Waals surface area contributed by atoms with Crippen LogP contribution in [0.4, 0.5) is 13.2 Å². The lowest BCUT2D eigenvalue weighted by Crippen LogP contribution is -1.96. The quantitative estimate of drug-likeness (QED) is 0.267. The van der Waals surface area contributed by atoms with Gasteiger partial charge in [-0.25, -0.2) is 13.2 Å². The van der Waals surface area contributed by atoms with E-state index in [1.165, 1.54) is 29.8 Å². The molecule has 0 unspecified atom stereocenters. The van der Waals surface area contributed by atoms with Gasteiger partial charge < -0.3 is 0 Å². The lowest BCUT2D eigenvalue weighted by atomic mass is 9.95. The van der Waals surface area contributed by atoms with Gasteiger partial charge in [0.25, 0.3) is 0 Å². The molecular weight excluding hydrogens is 417 g/mol. The minimum Gasteiger partial charge on any atom is -0.206 e. The molecule has 0 aliphatic carbocycles. The van der Waals surface area contributed by atoms with Gasteiger partial charge in [0, 0.05) is 5.56 Å². The van der Waals surface area contributed by atoms with E-state index in [0.717, 1.165) is 42.4 Å². The summed E-state index contributed by atoms with van der Waals surface area (Å²) in [5, 5.41) is 0. The molecule has 0 aliphatic heterocycles. The molecule has 0 nitrogen and oxygen atoms in total. The Labute approximate surface area is 193 Å². The SMILES string of the molecule is CCCc1ccc(-c2ccc(-c3cc(F)c(-c4ccc(CCC)cc4F)c(F)c3)cc2)cc1. The number of halogens is 3. The van der Waals surface area contributed by atoms with Crippen molar-refractivity contribution < 1.29 is 13.2 Å². The van der Waals surface area contributed by atoms with Crippen LogP contribution in [0.1, 0.15) is 37.8 Å². The molecule has 4 aromatic rings. The molecule has 0 radical (unpaired) electrons. The van der Waals surface area contributed by atoms with E-state index in [1.807, 2.05) is 31.2 Å². The van der Waals surface area contributed by atoms with Crippen molar-refractivity contribution in [2.45, 2.75) is 39.5 Å². The zero-order valence-corrected chi connectivity index (χ0v) is 19.0. The normalized spacial score (nSPS) is 11.1. The van der Waals surface area contributed by atoms with Crippen LogP contribution in [0, 0.1) is 17.5 Å². The van der Waals surface area contributed by atoms with E-state index in [0.29, 0.717) is 11.1 Å². The van der Waals surface area contributed by atoms with E-state index in [4.69, 9.17) is 0 Å². The van der Waals surface area contributed by atoms with Gasteiger partial charge in [0.1, 0.15) is 17.5 Å². The fraction of sp³-hybridized carbons (Fsp3) is 0.200. The molecule has 168 valence electrons. The van der Waals surface area contributed by atoms with Gasteiger partial charge in [-0.2, -0.15) is 0 Å². The van der Waals surface area contributed by atoms with Crippen LogP contribution >= 0.6 is 0 Å². The highest BCUT2D eigenvalue weighted by Gasteiger charge is 2.18. The van der Waals surface area contributed by atoms with Crippen molar-refractivity contribution in [3.8, 4) is 33.4 Å². The highest BCUT2D eigenvalue weighted by atomic mass is 19.1. The van der Waals surface area contributed by atoms with Crippen LogP contribution in [0.15, 0.2) is 78.9 Å². The molecule has 3 heteroatoms. The highest BCUT2D eigenvalue weighted by Crippen LogP contribution is 2.34. The molecule has 0 bridgehead atoms. The second-order valence-electron chi connectivity index (χ2n) is 8.40. The topological polar surface area (TPSA) is 0 Å². The number of hydrogen-bond donors (Lipinski definition) is 0. The summed E-state index contributed by atoms with van der Waals surface area (Å²) in [4.78, 5) is 0. The predicted octanol–water partition coefficient (Wildman–Crippen LogP) is 9.01. The molecule has 0 aliphatic rings. The maximum absolute atomic E-state index is 14.9. The van der Waals surface area contributed by atoms with E-state index in [-0.39, 0.29) is 11.1 Å². The first kappa shape index (κ1) is 22.8. The lowest BCUT2D eigenvalue weighted by molar-refractivity contribution is 0.582. The first-order chi connectivity index (χ1) is 16.0. The van der Waals surface area contributed by atoms with Gasteiger partial charge in [-0.15, -0.1) is 0 Å². The predicted molar refractivity (Wildman–Crippen MR) is 131 cm³/mol. The average Bonchev–Trinajstić information content (AvgIpc) is 2.81. The molecule has 0 saturated carbocycles. The van der Waals surface area contributed by atoms with Crippen molar-refractivity contribution in [2.24, 2.45) is 0 Å². The van der Waals surface area contributed by atoms with Crippen LogP contribution < -0.4 is 0 Å². The van der Waals surface area contributed by atoms with Crippen LogP contribution in [0.2, 0.25) is 0 Å². The third kappa shape index (κ3) is 5.03. The maximum Gasteiger partial charge on any atom is 0.134 e. The van der Waals surface area contributed by atoms with Crippen molar-refractivity contribution >= 4 is 0 Å².